The molecule has 0 aromatic carbocycles. The topological polar surface area (TPSA) is 29.1 Å². The maximum atomic E-state index is 11.8. The first kappa shape index (κ1) is 16.4. The number of carbonyl (C=O) groups excluding carboxylic acids is 1. The van der Waals surface area contributed by atoms with Crippen molar-refractivity contribution in [2.45, 2.75) is 40.2 Å². The lowest BCUT2D eigenvalue weighted by molar-refractivity contribution is -0.118. The highest BCUT2D eigenvalue weighted by molar-refractivity contribution is 5.98. The van der Waals surface area contributed by atoms with E-state index in [-0.39, 0.29) is 11.9 Å². The highest BCUT2D eigenvalue weighted by Gasteiger charge is 2.25. The summed E-state index contributed by atoms with van der Waals surface area (Å²) in [6, 6.07) is 0.209. The van der Waals surface area contributed by atoms with Crippen molar-refractivity contribution < 1.29 is 4.79 Å². The molecule has 0 spiro atoms. The molecule has 0 aliphatic carbocycles. The lowest BCUT2D eigenvalue weighted by Crippen LogP contribution is -2.42. The number of rotatable bonds is 4. The Labute approximate surface area is 111 Å². The molecule has 0 saturated heterocycles. The highest BCUT2D eigenvalue weighted by Crippen LogP contribution is 2.23. The first-order valence-corrected chi connectivity index (χ1v) is 6.55. The van der Waals surface area contributed by atoms with Gasteiger partial charge >= 0.3 is 0 Å². The molecule has 1 aliphatic heterocycles. The first-order chi connectivity index (χ1) is 8.60. The normalized spacial score (nSPS) is 19.4. The van der Waals surface area contributed by atoms with Crippen molar-refractivity contribution in [1.29, 1.82) is 0 Å². The fraction of sp³-hybridized carbons (Fsp3) is 0.438. The van der Waals surface area contributed by atoms with E-state index in [0.717, 1.165) is 12.0 Å². The van der Waals surface area contributed by atoms with Crippen molar-refractivity contribution in [1.82, 2.24) is 5.32 Å². The van der Waals surface area contributed by atoms with Crippen molar-refractivity contribution in [3.8, 4) is 0 Å². The molecule has 1 amide bonds. The van der Waals surface area contributed by atoms with Crippen molar-refractivity contribution in [3.05, 3.63) is 48.6 Å². The van der Waals surface area contributed by atoms with Gasteiger partial charge in [0.05, 0.1) is 0 Å². The summed E-state index contributed by atoms with van der Waals surface area (Å²) in [5, 5.41) is 3.00. The molecule has 0 bridgehead atoms. The van der Waals surface area contributed by atoms with E-state index in [1.165, 1.54) is 0 Å². The molecular formula is C16H25NO. The van der Waals surface area contributed by atoms with E-state index in [4.69, 9.17) is 0 Å². The van der Waals surface area contributed by atoms with Gasteiger partial charge in [0.2, 0.25) is 0 Å². The molecule has 2 nitrogen and oxygen atoms in total. The average Bonchev–Trinajstić information content (AvgIpc) is 2.38. The number of carbonyl (C=O) groups is 1. The summed E-state index contributed by atoms with van der Waals surface area (Å²) in [6.07, 6.45) is 7.99. The third-order valence-corrected chi connectivity index (χ3v) is 2.79. The second kappa shape index (κ2) is 8.51. The van der Waals surface area contributed by atoms with Crippen LogP contribution in [0.3, 0.4) is 0 Å². The fourth-order valence-electron chi connectivity index (χ4n) is 1.76. The third kappa shape index (κ3) is 4.36. The Kier molecular flexibility index (Phi) is 7.77. The van der Waals surface area contributed by atoms with Crippen LogP contribution in [0.25, 0.3) is 0 Å². The number of amides is 1. The van der Waals surface area contributed by atoms with Gasteiger partial charge in [0, 0.05) is 11.6 Å². The maximum Gasteiger partial charge on any atom is 0.251 e. The molecule has 0 aromatic heterocycles. The molecular weight excluding hydrogens is 222 g/mol. The zero-order valence-corrected chi connectivity index (χ0v) is 12.0. The minimum absolute atomic E-state index is 0.0244. The van der Waals surface area contributed by atoms with E-state index < -0.39 is 0 Å². The Hall–Kier alpha value is -1.57. The standard InChI is InChI=1S/C14H19NO.C2H6/c1-5-7-8-11-9-13(10(3)4)15-14(16)12(11)6-2;1-2/h5-8,10,13H,1-2,9H2,3-4H3,(H,15,16);1-2H3/b8-7-;/t13-;/m1./s1. The summed E-state index contributed by atoms with van der Waals surface area (Å²) in [4.78, 5) is 11.8. The van der Waals surface area contributed by atoms with Crippen LogP contribution in [-0.4, -0.2) is 11.9 Å². The summed E-state index contributed by atoms with van der Waals surface area (Å²) in [6.45, 7) is 15.5. The Morgan fingerprint density at radius 2 is 1.94 bits per heavy atom. The van der Waals surface area contributed by atoms with Crippen LogP contribution < -0.4 is 5.32 Å². The van der Waals surface area contributed by atoms with Crippen LogP contribution in [0, 0.1) is 5.92 Å². The lowest BCUT2D eigenvalue weighted by Gasteiger charge is -2.28. The fourth-order valence-corrected chi connectivity index (χ4v) is 1.76. The van der Waals surface area contributed by atoms with Crippen molar-refractivity contribution in [3.63, 3.8) is 0 Å². The van der Waals surface area contributed by atoms with E-state index in [0.29, 0.717) is 11.5 Å². The van der Waals surface area contributed by atoms with Crippen molar-refractivity contribution >= 4 is 5.91 Å². The highest BCUT2D eigenvalue weighted by atomic mass is 16.1. The van der Waals surface area contributed by atoms with Crippen molar-refractivity contribution in [2.24, 2.45) is 5.92 Å². The molecule has 0 radical (unpaired) electrons. The first-order valence-electron chi connectivity index (χ1n) is 6.55. The summed E-state index contributed by atoms with van der Waals surface area (Å²) in [5.74, 6) is 0.408. The van der Waals surface area contributed by atoms with Crippen LogP contribution in [-0.2, 0) is 4.79 Å². The number of hydrogen-bond acceptors (Lipinski definition) is 1. The van der Waals surface area contributed by atoms with E-state index in [1.54, 1.807) is 12.2 Å². The second-order valence-corrected chi connectivity index (χ2v) is 4.27. The summed E-state index contributed by atoms with van der Waals surface area (Å²) in [7, 11) is 0. The number of hydrogen-bond donors (Lipinski definition) is 1. The summed E-state index contributed by atoms with van der Waals surface area (Å²) in [5.41, 5.74) is 1.72. The van der Waals surface area contributed by atoms with Crippen LogP contribution in [0.4, 0.5) is 0 Å². The molecule has 2 heteroatoms. The van der Waals surface area contributed by atoms with Gasteiger partial charge in [-0.05, 0) is 17.9 Å². The molecule has 0 aromatic rings. The molecule has 1 aliphatic rings. The Bertz CT molecular complexity index is 361. The second-order valence-electron chi connectivity index (χ2n) is 4.27. The minimum Gasteiger partial charge on any atom is -0.349 e. The third-order valence-electron chi connectivity index (χ3n) is 2.79. The zero-order valence-electron chi connectivity index (χ0n) is 12.0. The van der Waals surface area contributed by atoms with Gasteiger partial charge in [-0.15, -0.1) is 0 Å². The lowest BCUT2D eigenvalue weighted by atomic mass is 9.89. The quantitative estimate of drug-likeness (QED) is 0.753. The van der Waals surface area contributed by atoms with Gasteiger partial charge in [-0.25, -0.2) is 0 Å². The zero-order chi connectivity index (χ0) is 14.1. The SMILES string of the molecule is C=C/C=C\C1=C(C=C)C(=O)N[C@@H](C(C)C)C1.CC. The van der Waals surface area contributed by atoms with E-state index >= 15 is 0 Å². The molecule has 1 rings (SSSR count). The molecule has 100 valence electrons. The van der Waals surface area contributed by atoms with E-state index in [1.807, 2.05) is 26.0 Å². The van der Waals surface area contributed by atoms with Gasteiger partial charge in [-0.1, -0.05) is 65.2 Å². The predicted molar refractivity (Wildman–Crippen MR) is 79.3 cm³/mol. The number of allylic oxidation sites excluding steroid dienone is 3. The Morgan fingerprint density at radius 3 is 2.39 bits per heavy atom. The van der Waals surface area contributed by atoms with Gasteiger partial charge in [-0.2, -0.15) is 0 Å². The van der Waals surface area contributed by atoms with Crippen LogP contribution >= 0.6 is 0 Å². The van der Waals surface area contributed by atoms with Gasteiger partial charge in [-0.3, -0.25) is 4.79 Å². The number of nitrogens with one attached hydrogen (secondary N) is 1. The molecule has 0 unspecified atom stereocenters. The van der Waals surface area contributed by atoms with Gasteiger partial charge in [0.25, 0.3) is 5.91 Å². The molecule has 1 N–H and O–H groups in total. The molecule has 18 heavy (non-hydrogen) atoms. The smallest absolute Gasteiger partial charge is 0.251 e. The summed E-state index contributed by atoms with van der Waals surface area (Å²) < 4.78 is 0. The molecule has 1 atom stereocenters. The largest absolute Gasteiger partial charge is 0.349 e. The van der Waals surface area contributed by atoms with Crippen LogP contribution in [0.15, 0.2) is 48.6 Å². The van der Waals surface area contributed by atoms with E-state index in [2.05, 4.69) is 32.3 Å². The average molecular weight is 247 g/mol. The van der Waals surface area contributed by atoms with E-state index in [9.17, 15) is 4.79 Å². The van der Waals surface area contributed by atoms with Crippen LogP contribution in [0.5, 0.6) is 0 Å². The van der Waals surface area contributed by atoms with Gasteiger partial charge in [0.15, 0.2) is 0 Å². The predicted octanol–water partition coefficient (Wildman–Crippen LogP) is 3.78. The minimum atomic E-state index is -0.0244. The Balaban J connectivity index is 0.00000137. The van der Waals surface area contributed by atoms with Crippen molar-refractivity contribution in [2.75, 3.05) is 0 Å². The van der Waals surface area contributed by atoms with Gasteiger partial charge in [0.1, 0.15) is 0 Å². The van der Waals surface area contributed by atoms with Crippen LogP contribution in [0.1, 0.15) is 34.1 Å². The van der Waals surface area contributed by atoms with Crippen LogP contribution in [0.2, 0.25) is 0 Å². The maximum absolute atomic E-state index is 11.8. The molecule has 0 fully saturated rings. The Morgan fingerprint density at radius 1 is 1.33 bits per heavy atom. The van der Waals surface area contributed by atoms with Gasteiger partial charge < -0.3 is 5.32 Å². The molecule has 0 saturated carbocycles. The molecule has 1 heterocycles. The summed E-state index contributed by atoms with van der Waals surface area (Å²) >= 11 is 0. The monoisotopic (exact) mass is 247 g/mol.